The fourth-order valence-corrected chi connectivity index (χ4v) is 3.51. The van der Waals surface area contributed by atoms with Crippen LogP contribution in [-0.2, 0) is 4.79 Å². The monoisotopic (exact) mass is 383 g/mol. The number of carbonyl (C=O) groups excluding carboxylic acids is 1. The number of nitrogens with zero attached hydrogens (tertiary/aromatic N) is 1. The molecule has 0 spiro atoms. The SMILES string of the molecule is CNC1CCCN(C(C)C(=O)NC(C)c2ccc3c(c2)OCCO3)C1.Cl. The molecule has 0 radical (unpaired) electrons. The number of likely N-dealkylation sites (tertiary alicyclic amines) is 1. The second-order valence-electron chi connectivity index (χ2n) is 6.93. The van der Waals surface area contributed by atoms with Gasteiger partial charge in [-0.2, -0.15) is 0 Å². The van der Waals surface area contributed by atoms with Crippen LogP contribution in [0.25, 0.3) is 0 Å². The van der Waals surface area contributed by atoms with E-state index in [0.717, 1.165) is 36.6 Å². The zero-order chi connectivity index (χ0) is 17.8. The zero-order valence-electron chi connectivity index (χ0n) is 15.8. The Labute approximate surface area is 162 Å². The van der Waals surface area contributed by atoms with Crippen LogP contribution in [0.4, 0.5) is 0 Å². The highest BCUT2D eigenvalue weighted by Gasteiger charge is 2.27. The second kappa shape index (κ2) is 9.44. The predicted molar refractivity (Wildman–Crippen MR) is 104 cm³/mol. The zero-order valence-corrected chi connectivity index (χ0v) is 16.6. The van der Waals surface area contributed by atoms with Gasteiger partial charge in [0.15, 0.2) is 11.5 Å². The van der Waals surface area contributed by atoms with Gasteiger partial charge in [0.05, 0.1) is 12.1 Å². The molecule has 26 heavy (non-hydrogen) atoms. The van der Waals surface area contributed by atoms with Crippen LogP contribution in [0, 0.1) is 0 Å². The molecule has 1 amide bonds. The van der Waals surface area contributed by atoms with Gasteiger partial charge in [0, 0.05) is 12.6 Å². The highest BCUT2D eigenvalue weighted by atomic mass is 35.5. The standard InChI is InChI=1S/C19H29N3O3.ClH/c1-13(15-6-7-17-18(11-15)25-10-9-24-17)21-19(23)14(2)22-8-4-5-16(12-22)20-3;/h6-7,11,13-14,16,20H,4-5,8-10,12H2,1-3H3,(H,21,23);1H. The van der Waals surface area contributed by atoms with Crippen molar-refractivity contribution in [1.29, 1.82) is 0 Å². The van der Waals surface area contributed by atoms with E-state index in [9.17, 15) is 4.79 Å². The summed E-state index contributed by atoms with van der Waals surface area (Å²) >= 11 is 0. The molecule has 0 aliphatic carbocycles. The molecule has 1 aromatic carbocycles. The predicted octanol–water partition coefficient (Wildman–Crippen LogP) is 2.13. The summed E-state index contributed by atoms with van der Waals surface area (Å²) < 4.78 is 11.2. The van der Waals surface area contributed by atoms with Crippen molar-refractivity contribution in [3.05, 3.63) is 23.8 Å². The van der Waals surface area contributed by atoms with Crippen LogP contribution in [0.1, 0.15) is 38.3 Å². The van der Waals surface area contributed by atoms with E-state index in [-0.39, 0.29) is 30.4 Å². The lowest BCUT2D eigenvalue weighted by Crippen LogP contribution is -2.52. The highest BCUT2D eigenvalue weighted by Crippen LogP contribution is 2.32. The largest absolute Gasteiger partial charge is 0.486 e. The number of piperidine rings is 1. The molecule has 3 unspecified atom stereocenters. The summed E-state index contributed by atoms with van der Waals surface area (Å²) in [6, 6.07) is 6.13. The molecule has 0 aromatic heterocycles. The second-order valence-corrected chi connectivity index (χ2v) is 6.93. The molecule has 1 saturated heterocycles. The summed E-state index contributed by atoms with van der Waals surface area (Å²) in [5.41, 5.74) is 1.02. The van der Waals surface area contributed by atoms with Crippen molar-refractivity contribution in [1.82, 2.24) is 15.5 Å². The van der Waals surface area contributed by atoms with Crippen molar-refractivity contribution in [3.63, 3.8) is 0 Å². The highest BCUT2D eigenvalue weighted by molar-refractivity contribution is 5.85. The van der Waals surface area contributed by atoms with Crippen molar-refractivity contribution in [3.8, 4) is 11.5 Å². The van der Waals surface area contributed by atoms with Gasteiger partial charge in [0.2, 0.25) is 5.91 Å². The third-order valence-electron chi connectivity index (χ3n) is 5.21. The van der Waals surface area contributed by atoms with Crippen molar-refractivity contribution in [2.45, 2.75) is 44.8 Å². The summed E-state index contributed by atoms with van der Waals surface area (Å²) in [6.07, 6.45) is 2.30. The van der Waals surface area contributed by atoms with Crippen molar-refractivity contribution in [2.75, 3.05) is 33.4 Å². The summed E-state index contributed by atoms with van der Waals surface area (Å²) in [4.78, 5) is 14.9. The number of benzene rings is 1. The van der Waals surface area contributed by atoms with Gasteiger partial charge >= 0.3 is 0 Å². The molecule has 1 fully saturated rings. The lowest BCUT2D eigenvalue weighted by atomic mass is 10.0. The first-order valence-corrected chi connectivity index (χ1v) is 9.19. The van der Waals surface area contributed by atoms with E-state index in [1.165, 1.54) is 6.42 Å². The Hall–Kier alpha value is -1.50. The van der Waals surface area contributed by atoms with Gasteiger partial charge in [0.1, 0.15) is 13.2 Å². The van der Waals surface area contributed by atoms with Crippen LogP contribution in [0.15, 0.2) is 18.2 Å². The van der Waals surface area contributed by atoms with Gasteiger partial charge in [0.25, 0.3) is 0 Å². The Morgan fingerprint density at radius 1 is 1.23 bits per heavy atom. The van der Waals surface area contributed by atoms with Crippen LogP contribution in [0.3, 0.4) is 0 Å². The van der Waals surface area contributed by atoms with Crippen LogP contribution in [0.2, 0.25) is 0 Å². The summed E-state index contributed by atoms with van der Waals surface area (Å²) in [5.74, 6) is 1.60. The first-order chi connectivity index (χ1) is 12.1. The Morgan fingerprint density at radius 3 is 2.69 bits per heavy atom. The molecule has 7 heteroatoms. The Bertz CT molecular complexity index is 614. The van der Waals surface area contributed by atoms with Crippen molar-refractivity contribution in [2.24, 2.45) is 0 Å². The van der Waals surface area contributed by atoms with Crippen molar-refractivity contribution < 1.29 is 14.3 Å². The fourth-order valence-electron chi connectivity index (χ4n) is 3.51. The van der Waals surface area contributed by atoms with Gasteiger partial charge in [-0.3, -0.25) is 9.69 Å². The minimum absolute atomic E-state index is 0. The van der Waals surface area contributed by atoms with Gasteiger partial charge in [-0.15, -0.1) is 12.4 Å². The molecule has 6 nitrogen and oxygen atoms in total. The summed E-state index contributed by atoms with van der Waals surface area (Å²) in [5, 5.41) is 6.46. The van der Waals surface area contributed by atoms with Gasteiger partial charge in [-0.25, -0.2) is 0 Å². The summed E-state index contributed by atoms with van der Waals surface area (Å²) in [6.45, 7) is 7.04. The maximum atomic E-state index is 12.7. The van der Waals surface area contributed by atoms with E-state index in [4.69, 9.17) is 9.47 Å². The number of carbonyl (C=O) groups is 1. The minimum Gasteiger partial charge on any atom is -0.486 e. The topological polar surface area (TPSA) is 62.8 Å². The molecule has 3 atom stereocenters. The van der Waals surface area contributed by atoms with Crippen molar-refractivity contribution >= 4 is 18.3 Å². The minimum atomic E-state index is -0.129. The Morgan fingerprint density at radius 2 is 1.96 bits per heavy atom. The average Bonchev–Trinajstić information content (AvgIpc) is 2.66. The molecule has 3 rings (SSSR count). The number of hydrogen-bond acceptors (Lipinski definition) is 5. The summed E-state index contributed by atoms with van der Waals surface area (Å²) in [7, 11) is 1.99. The molecule has 2 heterocycles. The van der Waals surface area contributed by atoms with Crippen LogP contribution in [0.5, 0.6) is 11.5 Å². The molecule has 0 saturated carbocycles. The number of ether oxygens (including phenoxy) is 2. The molecule has 2 aliphatic heterocycles. The number of likely N-dealkylation sites (N-methyl/N-ethyl adjacent to an activating group) is 1. The quantitative estimate of drug-likeness (QED) is 0.815. The van der Waals surface area contributed by atoms with Crippen LogP contribution < -0.4 is 20.1 Å². The molecule has 0 bridgehead atoms. The van der Waals surface area contributed by atoms with Gasteiger partial charge in [-0.1, -0.05) is 6.07 Å². The lowest BCUT2D eigenvalue weighted by molar-refractivity contribution is -0.127. The first-order valence-electron chi connectivity index (χ1n) is 9.19. The van der Waals surface area contributed by atoms with Crippen LogP contribution in [-0.4, -0.2) is 56.2 Å². The third kappa shape index (κ3) is 4.81. The molecule has 2 N–H and O–H groups in total. The maximum Gasteiger partial charge on any atom is 0.237 e. The third-order valence-corrected chi connectivity index (χ3v) is 5.21. The van der Waals surface area contributed by atoms with Gasteiger partial charge in [-0.05, 0) is 58.0 Å². The fraction of sp³-hybridized carbons (Fsp3) is 0.632. The van der Waals surface area contributed by atoms with E-state index in [2.05, 4.69) is 15.5 Å². The molecular formula is C19H30ClN3O3. The van der Waals surface area contributed by atoms with Crippen LogP contribution >= 0.6 is 12.4 Å². The smallest absolute Gasteiger partial charge is 0.237 e. The molecule has 1 aromatic rings. The number of fused-ring (bicyclic) bond motifs is 1. The van der Waals surface area contributed by atoms with E-state index in [1.807, 2.05) is 39.1 Å². The van der Waals surface area contributed by atoms with E-state index < -0.39 is 0 Å². The molecule has 146 valence electrons. The number of hydrogen-bond donors (Lipinski definition) is 2. The maximum absolute atomic E-state index is 12.7. The van der Waals surface area contributed by atoms with E-state index in [1.54, 1.807) is 0 Å². The average molecular weight is 384 g/mol. The van der Waals surface area contributed by atoms with E-state index >= 15 is 0 Å². The Balaban J connectivity index is 0.00000243. The Kier molecular flexibility index (Phi) is 7.55. The molecule has 2 aliphatic rings. The number of amides is 1. The number of halogens is 1. The first kappa shape index (κ1) is 20.8. The molecular weight excluding hydrogens is 354 g/mol. The lowest BCUT2D eigenvalue weighted by Gasteiger charge is -2.36. The number of nitrogens with one attached hydrogen (secondary N) is 2. The van der Waals surface area contributed by atoms with Gasteiger partial charge < -0.3 is 20.1 Å². The normalized spacial score (nSPS) is 22.0. The van der Waals surface area contributed by atoms with E-state index in [0.29, 0.717) is 19.3 Å². The number of rotatable bonds is 5.